The average Bonchev–Trinajstić information content (AvgIpc) is 2.16. The summed E-state index contributed by atoms with van der Waals surface area (Å²) in [4.78, 5) is 0. The molecule has 90 valence electrons. The van der Waals surface area contributed by atoms with E-state index in [1.165, 1.54) is 26.2 Å². The normalized spacial score (nSPS) is 15.9. The molecule has 0 radical (unpaired) electrons. The third kappa shape index (κ3) is 3.20. The molecule has 0 heterocycles. The lowest BCUT2D eigenvalue weighted by Crippen LogP contribution is -2.31. The zero-order valence-electron chi connectivity index (χ0n) is 8.94. The largest absolute Gasteiger partial charge is 0.392 e. The number of rotatable bonds is 3. The second-order valence-corrected chi connectivity index (χ2v) is 3.73. The summed E-state index contributed by atoms with van der Waals surface area (Å²) >= 11 is 0. The van der Waals surface area contributed by atoms with Crippen LogP contribution in [0.2, 0.25) is 0 Å². The van der Waals surface area contributed by atoms with Crippen LogP contribution in [-0.2, 0) is 10.3 Å². The number of ether oxygens (including phenoxy) is 1. The van der Waals surface area contributed by atoms with Crippen LogP contribution in [0, 0.1) is 5.82 Å². The van der Waals surface area contributed by atoms with Gasteiger partial charge in [-0.1, -0.05) is 12.1 Å². The van der Waals surface area contributed by atoms with E-state index in [0.717, 1.165) is 12.1 Å². The van der Waals surface area contributed by atoms with E-state index in [-0.39, 0.29) is 0 Å². The van der Waals surface area contributed by atoms with Crippen molar-refractivity contribution in [3.8, 4) is 0 Å². The first kappa shape index (κ1) is 13.0. The van der Waals surface area contributed by atoms with E-state index in [4.69, 9.17) is 4.74 Å². The maximum absolute atomic E-state index is 12.7. The van der Waals surface area contributed by atoms with Gasteiger partial charge in [-0.2, -0.15) is 13.2 Å². The maximum atomic E-state index is 12.7. The molecule has 0 saturated heterocycles. The Hall–Kier alpha value is -1.10. The molecular weight excluding hydrogens is 224 g/mol. The number of halogens is 4. The molecule has 0 amide bonds. The van der Waals surface area contributed by atoms with Crippen LogP contribution < -0.4 is 0 Å². The summed E-state index contributed by atoms with van der Waals surface area (Å²) in [5.41, 5.74) is -1.18. The van der Waals surface area contributed by atoms with Gasteiger partial charge in [0.2, 0.25) is 0 Å². The van der Waals surface area contributed by atoms with Gasteiger partial charge >= 0.3 is 6.18 Å². The van der Waals surface area contributed by atoms with Gasteiger partial charge in [0.1, 0.15) is 5.82 Å². The summed E-state index contributed by atoms with van der Waals surface area (Å²) in [6.07, 6.45) is -5.44. The van der Waals surface area contributed by atoms with Gasteiger partial charge in [-0.05, 0) is 24.6 Å². The van der Waals surface area contributed by atoms with Crippen LogP contribution in [0.3, 0.4) is 0 Å². The first-order chi connectivity index (χ1) is 7.27. The van der Waals surface area contributed by atoms with Crippen molar-refractivity contribution in [2.45, 2.75) is 25.1 Å². The lowest BCUT2D eigenvalue weighted by atomic mass is 9.92. The van der Waals surface area contributed by atoms with Crippen LogP contribution in [0.5, 0.6) is 0 Å². The average molecular weight is 236 g/mol. The first-order valence-electron chi connectivity index (χ1n) is 4.65. The summed E-state index contributed by atoms with van der Waals surface area (Å²) < 4.78 is 54.6. The van der Waals surface area contributed by atoms with E-state index in [9.17, 15) is 17.6 Å². The van der Waals surface area contributed by atoms with Crippen LogP contribution in [0.25, 0.3) is 0 Å². The molecule has 5 heteroatoms. The van der Waals surface area contributed by atoms with Crippen molar-refractivity contribution in [1.82, 2.24) is 0 Å². The minimum atomic E-state index is -4.33. The number of hydrogen-bond acceptors (Lipinski definition) is 1. The molecule has 1 atom stereocenters. The smallest absolute Gasteiger partial charge is 0.373 e. The molecule has 0 fully saturated rings. The second kappa shape index (κ2) is 4.41. The van der Waals surface area contributed by atoms with Crippen LogP contribution in [-0.4, -0.2) is 13.3 Å². The molecular formula is C11H12F4O. The summed E-state index contributed by atoms with van der Waals surface area (Å²) in [5, 5.41) is 0. The summed E-state index contributed by atoms with van der Waals surface area (Å²) in [7, 11) is 1.20. The van der Waals surface area contributed by atoms with Gasteiger partial charge in [0.25, 0.3) is 0 Å². The highest BCUT2D eigenvalue weighted by Crippen LogP contribution is 2.36. The molecule has 1 rings (SSSR count). The highest BCUT2D eigenvalue weighted by atomic mass is 19.4. The van der Waals surface area contributed by atoms with E-state index in [1.807, 2.05) is 0 Å². The maximum Gasteiger partial charge on any atom is 0.392 e. The minimum Gasteiger partial charge on any atom is -0.373 e. The Morgan fingerprint density at radius 3 is 2.00 bits per heavy atom. The van der Waals surface area contributed by atoms with E-state index in [2.05, 4.69) is 0 Å². The monoisotopic (exact) mass is 236 g/mol. The van der Waals surface area contributed by atoms with Gasteiger partial charge in [-0.25, -0.2) is 4.39 Å². The number of hydrogen-bond donors (Lipinski definition) is 0. The number of methoxy groups -OCH3 is 1. The Kier molecular flexibility index (Phi) is 3.57. The molecule has 1 nitrogen and oxygen atoms in total. The highest BCUT2D eigenvalue weighted by Gasteiger charge is 2.40. The fourth-order valence-corrected chi connectivity index (χ4v) is 1.48. The van der Waals surface area contributed by atoms with Crippen LogP contribution >= 0.6 is 0 Å². The highest BCUT2D eigenvalue weighted by molar-refractivity contribution is 5.22. The Bertz CT molecular complexity index is 344. The van der Waals surface area contributed by atoms with Crippen molar-refractivity contribution < 1.29 is 22.3 Å². The van der Waals surface area contributed by atoms with Gasteiger partial charge in [0.05, 0.1) is 12.0 Å². The van der Waals surface area contributed by atoms with Crippen molar-refractivity contribution in [3.63, 3.8) is 0 Å². The van der Waals surface area contributed by atoms with Crippen molar-refractivity contribution >= 4 is 0 Å². The van der Waals surface area contributed by atoms with Gasteiger partial charge in [-0.3, -0.25) is 0 Å². The molecule has 16 heavy (non-hydrogen) atoms. The van der Waals surface area contributed by atoms with Crippen LogP contribution in [0.4, 0.5) is 17.6 Å². The molecule has 0 bridgehead atoms. The Labute approximate surface area is 91.0 Å². The van der Waals surface area contributed by atoms with Crippen LogP contribution in [0.15, 0.2) is 24.3 Å². The topological polar surface area (TPSA) is 9.23 Å². The van der Waals surface area contributed by atoms with Gasteiger partial charge in [0, 0.05) is 7.11 Å². The molecule has 1 aromatic carbocycles. The second-order valence-electron chi connectivity index (χ2n) is 3.73. The van der Waals surface area contributed by atoms with E-state index < -0.39 is 24.0 Å². The Morgan fingerprint density at radius 2 is 1.62 bits per heavy atom. The van der Waals surface area contributed by atoms with Crippen molar-refractivity contribution in [2.75, 3.05) is 7.11 Å². The fraction of sp³-hybridized carbons (Fsp3) is 0.455. The third-order valence-corrected chi connectivity index (χ3v) is 2.44. The molecule has 0 aliphatic rings. The molecule has 0 N–H and O–H groups in total. The van der Waals surface area contributed by atoms with Gasteiger partial charge < -0.3 is 4.74 Å². The SMILES string of the molecule is COC(C)(CC(F)(F)F)c1ccc(F)cc1. The molecule has 0 saturated carbocycles. The quantitative estimate of drug-likeness (QED) is 0.728. The fourth-order valence-electron chi connectivity index (χ4n) is 1.48. The van der Waals surface area contributed by atoms with E-state index >= 15 is 0 Å². The summed E-state index contributed by atoms with van der Waals surface area (Å²) in [6, 6.07) is 4.82. The third-order valence-electron chi connectivity index (χ3n) is 2.44. The van der Waals surface area contributed by atoms with E-state index in [1.54, 1.807) is 0 Å². The lowest BCUT2D eigenvalue weighted by Gasteiger charge is -2.29. The minimum absolute atomic E-state index is 0.300. The zero-order valence-corrected chi connectivity index (χ0v) is 8.94. The Morgan fingerprint density at radius 1 is 1.12 bits per heavy atom. The molecule has 0 aliphatic carbocycles. The predicted octanol–water partition coefficient (Wildman–Crippen LogP) is 3.64. The molecule has 1 unspecified atom stereocenters. The Balaban J connectivity index is 3.00. The summed E-state index contributed by atoms with van der Waals surface area (Å²) in [6.45, 7) is 1.33. The summed E-state index contributed by atoms with van der Waals surface area (Å²) in [5.74, 6) is -0.491. The first-order valence-corrected chi connectivity index (χ1v) is 4.65. The standard InChI is InChI=1S/C11H12F4O/c1-10(16-2,7-11(13,14)15)8-3-5-9(12)6-4-8/h3-6H,7H2,1-2H3. The molecule has 1 aromatic rings. The number of benzene rings is 1. The van der Waals surface area contributed by atoms with Gasteiger partial charge in [-0.15, -0.1) is 0 Å². The number of alkyl halides is 3. The zero-order chi connectivity index (χ0) is 12.4. The predicted molar refractivity (Wildman–Crippen MR) is 51.4 cm³/mol. The van der Waals surface area contributed by atoms with Crippen LogP contribution in [0.1, 0.15) is 18.9 Å². The molecule has 0 spiro atoms. The van der Waals surface area contributed by atoms with Gasteiger partial charge in [0.15, 0.2) is 0 Å². The lowest BCUT2D eigenvalue weighted by molar-refractivity contribution is -0.181. The van der Waals surface area contributed by atoms with E-state index in [0.29, 0.717) is 5.56 Å². The van der Waals surface area contributed by atoms with Crippen molar-refractivity contribution in [3.05, 3.63) is 35.6 Å². The molecule has 0 aliphatic heterocycles. The van der Waals surface area contributed by atoms with Crippen molar-refractivity contribution in [2.24, 2.45) is 0 Å². The van der Waals surface area contributed by atoms with Crippen molar-refractivity contribution in [1.29, 1.82) is 0 Å². The molecule has 0 aromatic heterocycles.